The van der Waals surface area contributed by atoms with Gasteiger partial charge in [-0.15, -0.1) is 0 Å². The molecule has 3 aromatic carbocycles. The van der Waals surface area contributed by atoms with Crippen LogP contribution >= 0.6 is 0 Å². The molecule has 1 atom stereocenters. The van der Waals surface area contributed by atoms with Crippen molar-refractivity contribution in [3.63, 3.8) is 0 Å². The highest BCUT2D eigenvalue weighted by molar-refractivity contribution is 7.92. The van der Waals surface area contributed by atoms with Crippen LogP contribution in [0.3, 0.4) is 0 Å². The fourth-order valence-corrected chi connectivity index (χ4v) is 5.38. The van der Waals surface area contributed by atoms with E-state index in [2.05, 4.69) is 4.72 Å². The van der Waals surface area contributed by atoms with Gasteiger partial charge in [0.15, 0.2) is 0 Å². The minimum atomic E-state index is -3.86. The number of carbonyl (C=O) groups is 1. The van der Waals surface area contributed by atoms with Crippen molar-refractivity contribution >= 4 is 21.6 Å². The van der Waals surface area contributed by atoms with E-state index in [-0.39, 0.29) is 16.8 Å². The normalized spacial score (nSPS) is 15.5. The molecule has 1 aliphatic rings. The number of sulfonamides is 1. The van der Waals surface area contributed by atoms with Gasteiger partial charge in [-0.25, -0.2) is 8.42 Å². The molecule has 184 valence electrons. The number of amides is 1. The van der Waals surface area contributed by atoms with E-state index >= 15 is 0 Å². The molecule has 1 saturated heterocycles. The first-order chi connectivity index (χ1) is 16.9. The second-order valence-electron chi connectivity index (χ2n) is 8.09. The van der Waals surface area contributed by atoms with Crippen molar-refractivity contribution in [2.45, 2.75) is 23.8 Å². The van der Waals surface area contributed by atoms with Gasteiger partial charge in [0.2, 0.25) is 0 Å². The van der Waals surface area contributed by atoms with E-state index in [0.717, 1.165) is 18.4 Å². The molecule has 3 aromatic rings. The maximum Gasteiger partial charge on any atom is 0.262 e. The molecule has 1 fully saturated rings. The Morgan fingerprint density at radius 2 is 1.63 bits per heavy atom. The predicted molar refractivity (Wildman–Crippen MR) is 133 cm³/mol. The molecular weight excluding hydrogens is 468 g/mol. The first-order valence-electron chi connectivity index (χ1n) is 11.2. The number of likely N-dealkylation sites (tertiary alicyclic amines) is 1. The number of anilines is 1. The minimum Gasteiger partial charge on any atom is -0.497 e. The van der Waals surface area contributed by atoms with Crippen molar-refractivity contribution in [2.75, 3.05) is 32.6 Å². The second kappa shape index (κ2) is 10.3. The highest BCUT2D eigenvalue weighted by atomic mass is 32.2. The number of nitrogens with zero attached hydrogens (tertiary/aromatic N) is 1. The van der Waals surface area contributed by atoms with Crippen molar-refractivity contribution in [3.8, 4) is 17.2 Å². The van der Waals surface area contributed by atoms with Gasteiger partial charge in [-0.2, -0.15) is 0 Å². The highest BCUT2D eigenvalue weighted by Crippen LogP contribution is 2.39. The van der Waals surface area contributed by atoms with Crippen LogP contribution in [0.15, 0.2) is 71.6 Å². The summed E-state index contributed by atoms with van der Waals surface area (Å²) in [5.41, 5.74) is 1.63. The highest BCUT2D eigenvalue weighted by Gasteiger charge is 2.33. The van der Waals surface area contributed by atoms with Gasteiger partial charge >= 0.3 is 0 Å². The number of benzene rings is 3. The molecule has 1 amide bonds. The maximum absolute atomic E-state index is 13.4. The summed E-state index contributed by atoms with van der Waals surface area (Å²) in [5.74, 6) is 1.63. The first-order valence-corrected chi connectivity index (χ1v) is 12.6. The van der Waals surface area contributed by atoms with Crippen molar-refractivity contribution in [1.82, 2.24) is 4.90 Å². The third-order valence-corrected chi connectivity index (χ3v) is 7.45. The van der Waals surface area contributed by atoms with Crippen molar-refractivity contribution in [2.24, 2.45) is 0 Å². The van der Waals surface area contributed by atoms with Crippen molar-refractivity contribution < 1.29 is 27.4 Å². The number of nitrogens with one attached hydrogen (secondary N) is 1. The van der Waals surface area contributed by atoms with Gasteiger partial charge in [-0.05, 0) is 67.4 Å². The third kappa shape index (κ3) is 5.05. The fourth-order valence-electron chi connectivity index (χ4n) is 4.31. The zero-order chi connectivity index (χ0) is 25.0. The van der Waals surface area contributed by atoms with Crippen LogP contribution in [0.1, 0.15) is 34.8 Å². The quantitative estimate of drug-likeness (QED) is 0.494. The SMILES string of the molecule is COc1ccc(OC)c(C2CCCN2C(=O)c2ccc(S(=O)(=O)Nc3ccccc3OC)cc2)c1. The summed E-state index contributed by atoms with van der Waals surface area (Å²) in [6.45, 7) is 0.596. The van der Waals surface area contributed by atoms with Crippen LogP contribution in [0.2, 0.25) is 0 Å². The molecule has 9 heteroatoms. The molecular formula is C26H28N2O6S. The number of hydrogen-bond donors (Lipinski definition) is 1. The lowest BCUT2D eigenvalue weighted by Gasteiger charge is -2.27. The van der Waals surface area contributed by atoms with Gasteiger partial charge < -0.3 is 19.1 Å². The van der Waals surface area contributed by atoms with Crippen LogP contribution < -0.4 is 18.9 Å². The fraction of sp³-hybridized carbons (Fsp3) is 0.269. The monoisotopic (exact) mass is 496 g/mol. The number of methoxy groups -OCH3 is 3. The summed E-state index contributed by atoms with van der Waals surface area (Å²) in [7, 11) is 0.810. The van der Waals surface area contributed by atoms with Crippen LogP contribution in [-0.4, -0.2) is 47.1 Å². The molecule has 0 aliphatic carbocycles. The van der Waals surface area contributed by atoms with Crippen molar-refractivity contribution in [1.29, 1.82) is 0 Å². The Hall–Kier alpha value is -3.72. The van der Waals surface area contributed by atoms with E-state index in [4.69, 9.17) is 14.2 Å². The largest absolute Gasteiger partial charge is 0.497 e. The molecule has 8 nitrogen and oxygen atoms in total. The molecule has 0 radical (unpaired) electrons. The zero-order valence-electron chi connectivity index (χ0n) is 19.9. The van der Waals surface area contributed by atoms with Crippen LogP contribution in [0.25, 0.3) is 0 Å². The van der Waals surface area contributed by atoms with Crippen LogP contribution in [0, 0.1) is 0 Å². The summed E-state index contributed by atoms with van der Waals surface area (Å²) in [6, 6.07) is 18.1. The Balaban J connectivity index is 1.56. The lowest BCUT2D eigenvalue weighted by atomic mass is 10.0. The number of hydrogen-bond acceptors (Lipinski definition) is 6. The average molecular weight is 497 g/mol. The van der Waals surface area contributed by atoms with Crippen LogP contribution in [-0.2, 0) is 10.0 Å². The summed E-state index contributed by atoms with van der Waals surface area (Å²) in [4.78, 5) is 15.2. The lowest BCUT2D eigenvalue weighted by molar-refractivity contribution is 0.0734. The van der Waals surface area contributed by atoms with E-state index in [0.29, 0.717) is 35.0 Å². The van der Waals surface area contributed by atoms with E-state index < -0.39 is 10.0 Å². The summed E-state index contributed by atoms with van der Waals surface area (Å²) >= 11 is 0. The first kappa shape index (κ1) is 24.4. The van der Waals surface area contributed by atoms with Gasteiger partial charge in [0, 0.05) is 17.7 Å². The number of para-hydroxylation sites is 2. The molecule has 0 aromatic heterocycles. The van der Waals surface area contributed by atoms with Crippen LogP contribution in [0.5, 0.6) is 17.2 Å². The third-order valence-electron chi connectivity index (χ3n) is 6.07. The Morgan fingerprint density at radius 3 is 2.31 bits per heavy atom. The molecule has 1 N–H and O–H groups in total. The van der Waals surface area contributed by atoms with E-state index in [1.807, 2.05) is 18.2 Å². The van der Waals surface area contributed by atoms with Crippen LogP contribution in [0.4, 0.5) is 5.69 Å². The maximum atomic E-state index is 13.4. The minimum absolute atomic E-state index is 0.0485. The van der Waals surface area contributed by atoms with Gasteiger partial charge in [0.25, 0.3) is 15.9 Å². The lowest BCUT2D eigenvalue weighted by Crippen LogP contribution is -2.30. The molecule has 0 saturated carbocycles. The Morgan fingerprint density at radius 1 is 0.914 bits per heavy atom. The molecule has 4 rings (SSSR count). The Kier molecular flexibility index (Phi) is 7.16. The summed E-state index contributed by atoms with van der Waals surface area (Å²) < 4.78 is 44.4. The number of rotatable bonds is 8. The topological polar surface area (TPSA) is 94.2 Å². The zero-order valence-corrected chi connectivity index (χ0v) is 20.7. The predicted octanol–water partition coefficient (Wildman–Crippen LogP) is 4.49. The van der Waals surface area contributed by atoms with Gasteiger partial charge in [0.1, 0.15) is 17.2 Å². The van der Waals surface area contributed by atoms with E-state index in [9.17, 15) is 13.2 Å². The molecule has 0 spiro atoms. The summed E-state index contributed by atoms with van der Waals surface area (Å²) in [6.07, 6.45) is 1.65. The molecule has 1 heterocycles. The van der Waals surface area contributed by atoms with Gasteiger partial charge in [-0.1, -0.05) is 12.1 Å². The van der Waals surface area contributed by atoms with E-state index in [1.54, 1.807) is 43.4 Å². The smallest absolute Gasteiger partial charge is 0.262 e. The Bertz CT molecular complexity index is 1310. The molecule has 35 heavy (non-hydrogen) atoms. The number of ether oxygens (including phenoxy) is 3. The van der Waals surface area contributed by atoms with Gasteiger partial charge in [-0.3, -0.25) is 9.52 Å². The molecule has 0 bridgehead atoms. The average Bonchev–Trinajstić information content (AvgIpc) is 3.38. The number of carbonyl (C=O) groups excluding carboxylic acids is 1. The standard InChI is InChI=1S/C26H28N2O6S/c1-32-19-12-15-24(33-2)21(17-19)23-8-6-16-28(23)26(29)18-10-13-20(14-11-18)35(30,31)27-22-7-4-5-9-25(22)34-3/h4-5,7,9-15,17,23,27H,6,8,16H2,1-3H3. The molecule has 1 aliphatic heterocycles. The Labute approximate surface area is 205 Å². The second-order valence-corrected chi connectivity index (χ2v) is 9.78. The summed E-state index contributed by atoms with van der Waals surface area (Å²) in [5, 5.41) is 0. The van der Waals surface area contributed by atoms with Crippen molar-refractivity contribution in [3.05, 3.63) is 77.9 Å². The van der Waals surface area contributed by atoms with E-state index in [1.165, 1.54) is 31.4 Å². The van der Waals surface area contributed by atoms with Gasteiger partial charge in [0.05, 0.1) is 38.0 Å². The molecule has 1 unspecified atom stereocenters.